The molecule has 0 saturated carbocycles. The number of hydrogen-bond donors (Lipinski definition) is 1. The fourth-order valence-corrected chi connectivity index (χ4v) is 3.26. The fraction of sp³-hybridized carbons (Fsp3) is 0.417. The molecule has 9 nitrogen and oxygen atoms in total. The number of carboxylic acid groups (broad SMARTS) is 1. The van der Waals surface area contributed by atoms with Crippen LogP contribution in [0.2, 0.25) is 0 Å². The van der Waals surface area contributed by atoms with Crippen molar-refractivity contribution in [1.82, 2.24) is 4.90 Å². The Morgan fingerprint density at radius 2 is 2.00 bits per heavy atom. The monoisotopic (exact) mass is 330 g/mol. The molecule has 0 aliphatic carbocycles. The molecule has 0 spiro atoms. The molecule has 1 N–H and O–H groups in total. The Morgan fingerprint density at radius 1 is 1.36 bits per heavy atom. The van der Waals surface area contributed by atoms with Crippen LogP contribution < -0.4 is 0 Å². The van der Waals surface area contributed by atoms with Gasteiger partial charge < -0.3 is 10.0 Å². The maximum absolute atomic E-state index is 12.1. The van der Waals surface area contributed by atoms with Gasteiger partial charge in [-0.05, 0) is 25.0 Å². The number of nitrogens with zero attached hydrogens (tertiary/aromatic N) is 2. The van der Waals surface area contributed by atoms with Gasteiger partial charge in [0.25, 0.3) is 15.8 Å². The van der Waals surface area contributed by atoms with Crippen LogP contribution in [0.5, 0.6) is 0 Å². The molecule has 120 valence electrons. The minimum absolute atomic E-state index is 0.0262. The molecule has 1 unspecified atom stereocenters. The van der Waals surface area contributed by atoms with E-state index in [-0.39, 0.29) is 17.1 Å². The largest absolute Gasteiger partial charge is 0.465 e. The summed E-state index contributed by atoms with van der Waals surface area (Å²) < 4.78 is 29.2. The third-order valence-corrected chi connectivity index (χ3v) is 4.62. The lowest BCUT2D eigenvalue weighted by molar-refractivity contribution is -0.384. The van der Waals surface area contributed by atoms with Crippen molar-refractivity contribution in [3.8, 4) is 0 Å². The van der Waals surface area contributed by atoms with Gasteiger partial charge in [0.15, 0.2) is 0 Å². The van der Waals surface area contributed by atoms with Gasteiger partial charge in [-0.2, -0.15) is 8.42 Å². The zero-order valence-electron chi connectivity index (χ0n) is 11.4. The Hall–Kier alpha value is -2.20. The lowest BCUT2D eigenvalue weighted by atomic mass is 10.1. The van der Waals surface area contributed by atoms with Crippen molar-refractivity contribution < 1.29 is 27.4 Å². The number of likely N-dealkylation sites (tertiary alicyclic amines) is 1. The van der Waals surface area contributed by atoms with Gasteiger partial charge >= 0.3 is 6.09 Å². The SMILES string of the molecule is O=C(O)N1CCCC(OS(=O)(=O)c2ccc([N+](=O)[O-])cc2)C1. The van der Waals surface area contributed by atoms with E-state index in [2.05, 4.69) is 0 Å². The van der Waals surface area contributed by atoms with Crippen LogP contribution in [0.4, 0.5) is 10.5 Å². The number of amides is 1. The summed E-state index contributed by atoms with van der Waals surface area (Å²) in [5.41, 5.74) is -0.228. The van der Waals surface area contributed by atoms with Gasteiger partial charge in [-0.25, -0.2) is 4.79 Å². The standard InChI is InChI=1S/C12H14N2O7S/c15-12(16)13-7-1-2-10(8-13)21-22(19,20)11-5-3-9(4-6-11)14(17)18/h3-6,10H,1-2,7-8H2,(H,15,16). The smallest absolute Gasteiger partial charge is 0.407 e. The van der Waals surface area contributed by atoms with Gasteiger partial charge in [0.05, 0.1) is 22.5 Å². The van der Waals surface area contributed by atoms with Gasteiger partial charge in [0.2, 0.25) is 0 Å². The first-order valence-electron chi connectivity index (χ1n) is 6.45. The van der Waals surface area contributed by atoms with Crippen LogP contribution >= 0.6 is 0 Å². The van der Waals surface area contributed by atoms with E-state index in [4.69, 9.17) is 9.29 Å². The zero-order valence-corrected chi connectivity index (χ0v) is 12.2. The maximum Gasteiger partial charge on any atom is 0.407 e. The van der Waals surface area contributed by atoms with E-state index in [1.165, 1.54) is 0 Å². The van der Waals surface area contributed by atoms with Crippen molar-refractivity contribution in [2.24, 2.45) is 0 Å². The first-order valence-corrected chi connectivity index (χ1v) is 7.86. The van der Waals surface area contributed by atoms with Gasteiger partial charge in [0.1, 0.15) is 0 Å². The summed E-state index contributed by atoms with van der Waals surface area (Å²) in [6.07, 6.45) is -0.950. The van der Waals surface area contributed by atoms with Gasteiger partial charge in [-0.3, -0.25) is 14.3 Å². The molecule has 2 rings (SSSR count). The fourth-order valence-electron chi connectivity index (χ4n) is 2.16. The highest BCUT2D eigenvalue weighted by Crippen LogP contribution is 2.22. The van der Waals surface area contributed by atoms with Crippen LogP contribution in [0, 0.1) is 10.1 Å². The minimum atomic E-state index is -4.09. The van der Waals surface area contributed by atoms with E-state index in [1.807, 2.05) is 0 Å². The van der Waals surface area contributed by atoms with E-state index >= 15 is 0 Å². The maximum atomic E-state index is 12.1. The summed E-state index contributed by atoms with van der Waals surface area (Å²) in [5, 5.41) is 19.5. The normalized spacial score (nSPS) is 18.9. The molecule has 1 saturated heterocycles. The molecule has 0 radical (unpaired) electrons. The summed E-state index contributed by atoms with van der Waals surface area (Å²) in [5.74, 6) is 0. The molecule has 1 aromatic carbocycles. The highest BCUT2D eigenvalue weighted by Gasteiger charge is 2.29. The van der Waals surface area contributed by atoms with Crippen LogP contribution in [-0.2, 0) is 14.3 Å². The number of non-ortho nitro benzene ring substituents is 1. The summed E-state index contributed by atoms with van der Waals surface area (Å²) >= 11 is 0. The summed E-state index contributed by atoms with van der Waals surface area (Å²) in [4.78, 5) is 21.7. The number of nitro benzene ring substituents is 1. The van der Waals surface area contributed by atoms with Crippen molar-refractivity contribution in [2.45, 2.75) is 23.8 Å². The second-order valence-corrected chi connectivity index (χ2v) is 6.37. The van der Waals surface area contributed by atoms with E-state index in [0.29, 0.717) is 19.4 Å². The minimum Gasteiger partial charge on any atom is -0.465 e. The highest BCUT2D eigenvalue weighted by atomic mass is 32.2. The molecule has 1 heterocycles. The number of piperidine rings is 1. The Labute approximate surface area is 126 Å². The molecule has 1 aliphatic rings. The van der Waals surface area contributed by atoms with Crippen molar-refractivity contribution in [2.75, 3.05) is 13.1 Å². The molecule has 22 heavy (non-hydrogen) atoms. The number of nitro groups is 1. The number of carbonyl (C=O) groups is 1. The molecule has 1 atom stereocenters. The Kier molecular flexibility index (Phi) is 4.62. The van der Waals surface area contributed by atoms with E-state index < -0.39 is 27.2 Å². The molecule has 1 amide bonds. The molecule has 10 heteroatoms. The number of hydrogen-bond acceptors (Lipinski definition) is 6. The summed E-state index contributed by atoms with van der Waals surface area (Å²) in [6.45, 7) is 0.314. The lowest BCUT2D eigenvalue weighted by Gasteiger charge is -2.29. The molecule has 1 aliphatic heterocycles. The highest BCUT2D eigenvalue weighted by molar-refractivity contribution is 7.86. The van der Waals surface area contributed by atoms with Crippen molar-refractivity contribution in [1.29, 1.82) is 0 Å². The first kappa shape index (κ1) is 16.2. The van der Waals surface area contributed by atoms with Crippen LogP contribution in [0.3, 0.4) is 0 Å². The predicted molar refractivity (Wildman–Crippen MR) is 74.0 cm³/mol. The lowest BCUT2D eigenvalue weighted by Crippen LogP contribution is -2.43. The third-order valence-electron chi connectivity index (χ3n) is 3.25. The molecule has 0 bridgehead atoms. The molecule has 1 aromatic rings. The molecule has 1 fully saturated rings. The number of rotatable bonds is 4. The Morgan fingerprint density at radius 3 is 2.55 bits per heavy atom. The molecular formula is C12H14N2O7S. The predicted octanol–water partition coefficient (Wildman–Crippen LogP) is 1.44. The zero-order chi connectivity index (χ0) is 16.3. The van der Waals surface area contributed by atoms with Gasteiger partial charge in [-0.1, -0.05) is 0 Å². The average molecular weight is 330 g/mol. The van der Waals surface area contributed by atoms with Crippen LogP contribution in [0.15, 0.2) is 29.2 Å². The first-order chi connectivity index (χ1) is 10.3. The van der Waals surface area contributed by atoms with Crippen molar-refractivity contribution in [3.63, 3.8) is 0 Å². The summed E-state index contributed by atoms with van der Waals surface area (Å²) in [6, 6.07) is 4.32. The second kappa shape index (κ2) is 6.28. The summed E-state index contributed by atoms with van der Waals surface area (Å²) in [7, 11) is -4.09. The van der Waals surface area contributed by atoms with Crippen molar-refractivity contribution in [3.05, 3.63) is 34.4 Å². The van der Waals surface area contributed by atoms with Crippen molar-refractivity contribution >= 4 is 21.9 Å². The average Bonchev–Trinajstić information content (AvgIpc) is 2.47. The van der Waals surface area contributed by atoms with Gasteiger partial charge in [-0.15, -0.1) is 0 Å². The van der Waals surface area contributed by atoms with Gasteiger partial charge in [0, 0.05) is 18.7 Å². The van der Waals surface area contributed by atoms with E-state index in [0.717, 1.165) is 29.2 Å². The molecule has 0 aromatic heterocycles. The van der Waals surface area contributed by atoms with Crippen LogP contribution in [0.1, 0.15) is 12.8 Å². The Balaban J connectivity index is 2.10. The topological polar surface area (TPSA) is 127 Å². The quantitative estimate of drug-likeness (QED) is 0.502. The number of benzene rings is 1. The Bertz CT molecular complexity index is 671. The van der Waals surface area contributed by atoms with E-state index in [1.54, 1.807) is 0 Å². The third kappa shape index (κ3) is 3.71. The second-order valence-electron chi connectivity index (χ2n) is 4.79. The van der Waals surface area contributed by atoms with Crippen LogP contribution in [0.25, 0.3) is 0 Å². The van der Waals surface area contributed by atoms with E-state index in [9.17, 15) is 23.3 Å². The molecular weight excluding hydrogens is 316 g/mol. The van der Waals surface area contributed by atoms with Crippen LogP contribution in [-0.4, -0.2) is 48.6 Å².